The average Bonchev–Trinajstić information content (AvgIpc) is 2.41. The van der Waals surface area contributed by atoms with E-state index in [0.29, 0.717) is 0 Å². The number of carboxylic acids is 3. The maximum Gasteiger partial charge on any atom is 0.343 e. The van der Waals surface area contributed by atoms with Crippen LogP contribution in [0, 0.1) is 0 Å². The molecule has 0 radical (unpaired) electrons. The van der Waals surface area contributed by atoms with Crippen molar-refractivity contribution in [2.45, 2.75) is 83.1 Å². The summed E-state index contributed by atoms with van der Waals surface area (Å²) in [7, 11) is 0. The fraction of sp³-hybridized carbons (Fsp3) is 0.765. The fourth-order valence-electron chi connectivity index (χ4n) is 3.88. The number of quaternary nitrogens is 1. The van der Waals surface area contributed by atoms with Gasteiger partial charge in [0.25, 0.3) is 0 Å². The van der Waals surface area contributed by atoms with E-state index in [1.54, 1.807) is 0 Å². The summed E-state index contributed by atoms with van der Waals surface area (Å²) in [6, 6.07) is 0. The zero-order chi connectivity index (χ0) is 22.1. The molecule has 11 heteroatoms. The molecule has 1 rings (SSSR count). The van der Waals surface area contributed by atoms with Crippen LogP contribution in [0.4, 0.5) is 0 Å². The van der Waals surface area contributed by atoms with E-state index < -0.39 is 64.3 Å². The molecule has 1 heterocycles. The van der Waals surface area contributed by atoms with Crippen molar-refractivity contribution < 1.29 is 54.1 Å². The summed E-state index contributed by atoms with van der Waals surface area (Å²) in [5, 5.41) is 39.3. The molecule has 1 saturated heterocycles. The van der Waals surface area contributed by atoms with E-state index >= 15 is 0 Å². The van der Waals surface area contributed by atoms with Gasteiger partial charge in [-0.3, -0.25) is 14.4 Å². The standard InChI is InChI=1S/C17H27NO10/c1-10(19)27-11-6-15(2,3)18(26,16(4,5)7-11)28-17(14(24)25,8-12(20)21)9-13(22)23/h11,26H,6-9H2,1-5H3,(H2-,20,21,22,23,24,25)/p+1. The molecule has 1 aliphatic rings. The van der Waals surface area contributed by atoms with Gasteiger partial charge in [0.05, 0.1) is 12.8 Å². The van der Waals surface area contributed by atoms with Crippen molar-refractivity contribution in [1.82, 2.24) is 0 Å². The predicted octanol–water partition coefficient (Wildman–Crippen LogP) is 1.18. The first-order valence-corrected chi connectivity index (χ1v) is 8.65. The SMILES string of the molecule is CC(=O)OC1CC(C)(C)[N+](O)(OC(CC(=O)O)(CC(=O)O)C(=O)O)C(C)(C)C1. The molecule has 0 aliphatic carbocycles. The molecule has 0 amide bonds. The van der Waals surface area contributed by atoms with Crippen LogP contribution in [0.15, 0.2) is 0 Å². The van der Waals surface area contributed by atoms with Crippen LogP contribution in [-0.2, 0) is 28.8 Å². The van der Waals surface area contributed by atoms with Gasteiger partial charge in [-0.25, -0.2) is 4.79 Å². The van der Waals surface area contributed by atoms with E-state index in [-0.39, 0.29) is 12.8 Å². The number of piperidine rings is 1. The van der Waals surface area contributed by atoms with Gasteiger partial charge in [0.15, 0.2) is 11.1 Å². The van der Waals surface area contributed by atoms with Crippen LogP contribution in [0.25, 0.3) is 0 Å². The molecule has 0 aromatic rings. The van der Waals surface area contributed by atoms with Crippen molar-refractivity contribution in [1.29, 1.82) is 0 Å². The van der Waals surface area contributed by atoms with Gasteiger partial charge in [0, 0.05) is 19.8 Å². The van der Waals surface area contributed by atoms with Crippen LogP contribution in [0.5, 0.6) is 0 Å². The number of hydrogen-bond acceptors (Lipinski definition) is 7. The van der Waals surface area contributed by atoms with Crippen LogP contribution in [0.3, 0.4) is 0 Å². The van der Waals surface area contributed by atoms with Gasteiger partial charge in [-0.1, -0.05) is 0 Å². The predicted molar refractivity (Wildman–Crippen MR) is 91.0 cm³/mol. The molecule has 0 saturated carbocycles. The van der Waals surface area contributed by atoms with Crippen LogP contribution >= 0.6 is 0 Å². The van der Waals surface area contributed by atoms with E-state index in [1.165, 1.54) is 34.6 Å². The van der Waals surface area contributed by atoms with Crippen LogP contribution in [0.1, 0.15) is 60.3 Å². The summed E-state index contributed by atoms with van der Waals surface area (Å²) in [6.07, 6.45) is -2.79. The van der Waals surface area contributed by atoms with Crippen LogP contribution in [0.2, 0.25) is 0 Å². The summed E-state index contributed by atoms with van der Waals surface area (Å²) in [5.41, 5.74) is -5.24. The number of carboxylic acid groups (broad SMARTS) is 3. The second kappa shape index (κ2) is 7.64. The minimum atomic E-state index is -2.71. The third-order valence-corrected chi connectivity index (χ3v) is 5.00. The van der Waals surface area contributed by atoms with E-state index in [0.717, 1.165) is 0 Å². The number of nitrogens with zero attached hydrogens (tertiary/aromatic N) is 1. The number of aliphatic carboxylic acids is 3. The lowest BCUT2D eigenvalue weighted by Crippen LogP contribution is -2.76. The molecule has 0 bridgehead atoms. The Labute approximate surface area is 162 Å². The molecular weight excluding hydrogens is 378 g/mol. The third kappa shape index (κ3) is 4.59. The highest BCUT2D eigenvalue weighted by Gasteiger charge is 2.67. The molecule has 0 aromatic heterocycles. The number of carbonyl (C=O) groups excluding carboxylic acids is 1. The average molecular weight is 406 g/mol. The number of hydroxylamine groups is 4. The maximum atomic E-state index is 11.9. The summed E-state index contributed by atoms with van der Waals surface area (Å²) in [4.78, 5) is 49.9. The Morgan fingerprint density at radius 1 is 0.964 bits per heavy atom. The monoisotopic (exact) mass is 406 g/mol. The fourth-order valence-corrected chi connectivity index (χ4v) is 3.88. The van der Waals surface area contributed by atoms with Gasteiger partial charge < -0.3 is 20.1 Å². The highest BCUT2D eigenvalue weighted by Crippen LogP contribution is 2.48. The zero-order valence-electron chi connectivity index (χ0n) is 16.6. The van der Waals surface area contributed by atoms with E-state index in [9.17, 15) is 29.5 Å². The largest absolute Gasteiger partial charge is 0.481 e. The molecule has 4 N–H and O–H groups in total. The Hall–Kier alpha value is -2.24. The van der Waals surface area contributed by atoms with Gasteiger partial charge in [0.1, 0.15) is 6.10 Å². The van der Waals surface area contributed by atoms with Crippen molar-refractivity contribution in [3.8, 4) is 0 Å². The molecule has 28 heavy (non-hydrogen) atoms. The number of hydrogen-bond donors (Lipinski definition) is 4. The lowest BCUT2D eigenvalue weighted by atomic mass is 9.79. The van der Waals surface area contributed by atoms with E-state index in [1.807, 2.05) is 0 Å². The second-order valence-electron chi connectivity index (χ2n) is 8.37. The number of rotatable bonds is 8. The van der Waals surface area contributed by atoms with Crippen LogP contribution in [-0.4, -0.2) is 72.0 Å². The van der Waals surface area contributed by atoms with Crippen LogP contribution < -0.4 is 0 Å². The normalized spacial score (nSPS) is 26.3. The molecular formula is C17H28NO10+. The molecule has 0 aromatic carbocycles. The third-order valence-electron chi connectivity index (χ3n) is 5.00. The van der Waals surface area contributed by atoms with Crippen molar-refractivity contribution in [3.05, 3.63) is 0 Å². The molecule has 160 valence electrons. The highest BCUT2D eigenvalue weighted by molar-refractivity contribution is 5.88. The smallest absolute Gasteiger partial charge is 0.343 e. The Morgan fingerprint density at radius 2 is 1.36 bits per heavy atom. The number of esters is 1. The molecule has 1 fully saturated rings. The zero-order valence-corrected chi connectivity index (χ0v) is 16.6. The van der Waals surface area contributed by atoms with Crippen molar-refractivity contribution in [2.24, 2.45) is 0 Å². The Bertz CT molecular complexity index is 635. The summed E-state index contributed by atoms with van der Waals surface area (Å²) < 4.78 is 5.24. The van der Waals surface area contributed by atoms with Gasteiger partial charge in [-0.15, -0.1) is 4.84 Å². The first kappa shape index (κ1) is 23.8. The quantitative estimate of drug-likeness (QED) is 0.339. The summed E-state index contributed by atoms with van der Waals surface area (Å²) >= 11 is 0. The minimum absolute atomic E-state index is 0.0718. The summed E-state index contributed by atoms with van der Waals surface area (Å²) in [6.45, 7) is 7.34. The van der Waals surface area contributed by atoms with E-state index in [4.69, 9.17) is 19.8 Å². The Morgan fingerprint density at radius 3 is 1.64 bits per heavy atom. The lowest BCUT2D eigenvalue weighted by Gasteiger charge is -2.55. The highest BCUT2D eigenvalue weighted by atomic mass is 16.9. The molecule has 0 spiro atoms. The molecule has 0 unspecified atom stereocenters. The second-order valence-corrected chi connectivity index (χ2v) is 8.37. The lowest BCUT2D eigenvalue weighted by molar-refractivity contribution is -1.31. The van der Waals surface area contributed by atoms with Crippen molar-refractivity contribution >= 4 is 23.9 Å². The number of ether oxygens (including phenoxy) is 1. The van der Waals surface area contributed by atoms with Gasteiger partial charge >= 0.3 is 23.9 Å². The van der Waals surface area contributed by atoms with Crippen molar-refractivity contribution in [2.75, 3.05) is 0 Å². The topological polar surface area (TPSA) is 168 Å². The minimum Gasteiger partial charge on any atom is -0.481 e. The van der Waals surface area contributed by atoms with Gasteiger partial charge in [0.2, 0.25) is 5.60 Å². The first-order chi connectivity index (χ1) is 12.5. The Kier molecular flexibility index (Phi) is 6.50. The summed E-state index contributed by atoms with van der Waals surface area (Å²) in [5.74, 6) is -5.54. The first-order valence-electron chi connectivity index (χ1n) is 8.65. The maximum absolute atomic E-state index is 11.9. The molecule has 11 nitrogen and oxygen atoms in total. The van der Waals surface area contributed by atoms with Gasteiger partial charge in [-0.05, 0) is 32.5 Å². The van der Waals surface area contributed by atoms with Gasteiger partial charge in [-0.2, -0.15) is 5.21 Å². The Balaban J connectivity index is 3.46. The van der Waals surface area contributed by atoms with Crippen molar-refractivity contribution in [3.63, 3.8) is 0 Å². The molecule has 0 atom stereocenters. The number of carbonyl (C=O) groups is 4. The van der Waals surface area contributed by atoms with E-state index in [2.05, 4.69) is 0 Å². The molecule has 1 aliphatic heterocycles.